The highest BCUT2D eigenvalue weighted by molar-refractivity contribution is 6.33. The lowest BCUT2D eigenvalue weighted by Crippen LogP contribution is -2.28. The quantitative estimate of drug-likeness (QED) is 0.378. The van der Waals surface area contributed by atoms with Crippen LogP contribution in [0.5, 0.6) is 11.5 Å². The third-order valence-electron chi connectivity index (χ3n) is 7.28. The molecule has 0 radical (unpaired) electrons. The minimum atomic E-state index is -1.23. The zero-order valence-corrected chi connectivity index (χ0v) is 23.7. The van der Waals surface area contributed by atoms with Crippen LogP contribution in [0.25, 0.3) is 11.1 Å². The number of aryl methyl sites for hydroxylation is 1. The van der Waals surface area contributed by atoms with Crippen molar-refractivity contribution >= 4 is 23.5 Å². The Morgan fingerprint density at radius 3 is 2.36 bits per heavy atom. The summed E-state index contributed by atoms with van der Waals surface area (Å²) in [6.07, 6.45) is -1.23. The SMILES string of the molecule is Cc1ccc(-c2c(C)c3c(c(C)c2C(OC(C)(C)C)C(=O)O)CN(C(=O)c2cccc4c2OCO4)C3)c(Cl)c1. The van der Waals surface area contributed by atoms with Crippen LogP contribution in [0.2, 0.25) is 5.02 Å². The Bertz CT molecular complexity index is 1510. The highest BCUT2D eigenvalue weighted by Crippen LogP contribution is 2.46. The second-order valence-electron chi connectivity index (χ2n) is 11.1. The van der Waals surface area contributed by atoms with E-state index >= 15 is 0 Å². The Kier molecular flexibility index (Phi) is 6.85. The van der Waals surface area contributed by atoms with E-state index in [4.69, 9.17) is 25.8 Å². The van der Waals surface area contributed by atoms with Crippen molar-refractivity contribution in [1.82, 2.24) is 4.90 Å². The molecule has 1 N–H and O–H groups in total. The summed E-state index contributed by atoms with van der Waals surface area (Å²) in [5, 5.41) is 10.9. The monoisotopic (exact) mass is 549 g/mol. The van der Waals surface area contributed by atoms with Gasteiger partial charge in [-0.3, -0.25) is 4.79 Å². The molecule has 0 aliphatic carbocycles. The number of rotatable bonds is 5. The summed E-state index contributed by atoms with van der Waals surface area (Å²) in [6.45, 7) is 12.1. The van der Waals surface area contributed by atoms with Crippen LogP contribution in [0, 0.1) is 20.8 Å². The van der Waals surface area contributed by atoms with Crippen LogP contribution in [-0.4, -0.2) is 34.3 Å². The van der Waals surface area contributed by atoms with E-state index < -0.39 is 17.7 Å². The fourth-order valence-corrected chi connectivity index (χ4v) is 5.85. The zero-order chi connectivity index (χ0) is 28.2. The van der Waals surface area contributed by atoms with Crippen LogP contribution >= 0.6 is 11.6 Å². The van der Waals surface area contributed by atoms with Gasteiger partial charge in [0.1, 0.15) is 0 Å². The van der Waals surface area contributed by atoms with E-state index in [1.54, 1.807) is 23.1 Å². The first kappa shape index (κ1) is 27.0. The number of benzene rings is 3. The van der Waals surface area contributed by atoms with Crippen molar-refractivity contribution in [2.24, 2.45) is 0 Å². The summed E-state index contributed by atoms with van der Waals surface area (Å²) < 4.78 is 17.2. The molecule has 0 saturated carbocycles. The van der Waals surface area contributed by atoms with E-state index in [0.717, 1.165) is 38.9 Å². The number of halogens is 1. The van der Waals surface area contributed by atoms with E-state index in [-0.39, 0.29) is 12.7 Å². The van der Waals surface area contributed by atoms with E-state index in [0.29, 0.717) is 40.7 Å². The molecule has 7 nitrogen and oxygen atoms in total. The maximum absolute atomic E-state index is 13.7. The number of ether oxygens (including phenoxy) is 3. The Morgan fingerprint density at radius 1 is 1.03 bits per heavy atom. The number of fused-ring (bicyclic) bond motifs is 2. The minimum absolute atomic E-state index is 0.0758. The standard InChI is InChI=1S/C31H32ClNO6/c1-16-10-11-19(23(32)12-16)25-17(2)21-13-33(29(34)20-8-7-9-24-27(20)38-15-37-24)14-22(21)18(3)26(25)28(30(35)36)39-31(4,5)6/h7-12,28H,13-15H2,1-6H3,(H,35,36). The molecular formula is C31H32ClNO6. The minimum Gasteiger partial charge on any atom is -0.479 e. The third-order valence-corrected chi connectivity index (χ3v) is 7.59. The van der Waals surface area contributed by atoms with Crippen molar-refractivity contribution in [2.45, 2.75) is 66.3 Å². The van der Waals surface area contributed by atoms with Crippen LogP contribution < -0.4 is 9.47 Å². The molecule has 2 aliphatic heterocycles. The van der Waals surface area contributed by atoms with Gasteiger partial charge in [-0.2, -0.15) is 0 Å². The van der Waals surface area contributed by atoms with Gasteiger partial charge in [-0.1, -0.05) is 29.8 Å². The van der Waals surface area contributed by atoms with Gasteiger partial charge in [-0.15, -0.1) is 0 Å². The molecule has 2 aliphatic rings. The predicted octanol–water partition coefficient (Wildman–Crippen LogP) is 6.76. The Hall–Kier alpha value is -3.55. The molecule has 1 amide bonds. The van der Waals surface area contributed by atoms with Crippen molar-refractivity contribution in [1.29, 1.82) is 0 Å². The molecule has 3 aromatic rings. The first-order valence-electron chi connectivity index (χ1n) is 12.9. The lowest BCUT2D eigenvalue weighted by atomic mass is 9.83. The number of carboxylic acid groups (broad SMARTS) is 1. The summed E-state index contributed by atoms with van der Waals surface area (Å²) in [5.41, 5.74) is 6.34. The average molecular weight is 550 g/mol. The van der Waals surface area contributed by atoms with Gasteiger partial charge in [-0.05, 0) is 93.1 Å². The molecular weight excluding hydrogens is 518 g/mol. The molecule has 0 fully saturated rings. The zero-order valence-electron chi connectivity index (χ0n) is 23.0. The lowest BCUT2D eigenvalue weighted by molar-refractivity contribution is -0.160. The van der Waals surface area contributed by atoms with Crippen molar-refractivity contribution in [3.63, 3.8) is 0 Å². The maximum atomic E-state index is 13.7. The molecule has 204 valence electrons. The number of amides is 1. The van der Waals surface area contributed by atoms with Crippen LogP contribution in [0.1, 0.15) is 70.6 Å². The lowest BCUT2D eigenvalue weighted by Gasteiger charge is -2.30. The number of hydrogen-bond acceptors (Lipinski definition) is 5. The van der Waals surface area contributed by atoms with Crippen molar-refractivity contribution < 1.29 is 28.9 Å². The van der Waals surface area contributed by atoms with Gasteiger partial charge in [0.25, 0.3) is 5.91 Å². The van der Waals surface area contributed by atoms with Crippen LogP contribution in [0.4, 0.5) is 0 Å². The topological polar surface area (TPSA) is 85.3 Å². The number of carboxylic acids is 1. The third kappa shape index (κ3) is 4.85. The van der Waals surface area contributed by atoms with E-state index in [2.05, 4.69) is 0 Å². The van der Waals surface area contributed by atoms with Gasteiger partial charge >= 0.3 is 5.97 Å². The Labute approximate surface area is 233 Å². The number of nitrogens with zero attached hydrogens (tertiary/aromatic N) is 1. The highest BCUT2D eigenvalue weighted by Gasteiger charge is 2.37. The molecule has 3 aromatic carbocycles. The van der Waals surface area contributed by atoms with Crippen LogP contribution in [-0.2, 0) is 22.6 Å². The van der Waals surface area contributed by atoms with Crippen molar-refractivity contribution in [3.05, 3.63) is 80.4 Å². The Morgan fingerprint density at radius 2 is 1.72 bits per heavy atom. The molecule has 1 atom stereocenters. The molecule has 39 heavy (non-hydrogen) atoms. The summed E-state index contributed by atoms with van der Waals surface area (Å²) in [7, 11) is 0. The van der Waals surface area contributed by atoms with Gasteiger partial charge in [0.2, 0.25) is 6.79 Å². The molecule has 0 spiro atoms. The predicted molar refractivity (Wildman–Crippen MR) is 148 cm³/mol. The first-order chi connectivity index (χ1) is 18.4. The van der Waals surface area contributed by atoms with Gasteiger partial charge in [0, 0.05) is 29.2 Å². The van der Waals surface area contributed by atoms with Gasteiger partial charge < -0.3 is 24.2 Å². The molecule has 2 heterocycles. The van der Waals surface area contributed by atoms with Crippen molar-refractivity contribution in [2.75, 3.05) is 6.79 Å². The molecule has 1 unspecified atom stereocenters. The summed E-state index contributed by atoms with van der Waals surface area (Å²) >= 11 is 6.76. The molecule has 0 bridgehead atoms. The van der Waals surface area contributed by atoms with Gasteiger partial charge in [-0.25, -0.2) is 4.79 Å². The summed E-state index contributed by atoms with van der Waals surface area (Å²) in [6, 6.07) is 11.0. The molecule has 5 rings (SSSR count). The van der Waals surface area contributed by atoms with E-state index in [1.165, 1.54) is 0 Å². The summed E-state index contributed by atoms with van der Waals surface area (Å²) in [4.78, 5) is 28.1. The fourth-order valence-electron chi connectivity index (χ4n) is 5.52. The second kappa shape index (κ2) is 9.88. The largest absolute Gasteiger partial charge is 0.479 e. The van der Waals surface area contributed by atoms with E-state index in [9.17, 15) is 14.7 Å². The first-order valence-corrected chi connectivity index (χ1v) is 13.2. The number of hydrogen-bond donors (Lipinski definition) is 1. The Balaban J connectivity index is 1.67. The van der Waals surface area contributed by atoms with Crippen LogP contribution in [0.3, 0.4) is 0 Å². The number of para-hydroxylation sites is 1. The highest BCUT2D eigenvalue weighted by atomic mass is 35.5. The average Bonchev–Trinajstić information content (AvgIpc) is 3.52. The number of carbonyl (C=O) groups excluding carboxylic acids is 1. The van der Waals surface area contributed by atoms with Crippen LogP contribution in [0.15, 0.2) is 36.4 Å². The smallest absolute Gasteiger partial charge is 0.337 e. The molecule has 8 heteroatoms. The van der Waals surface area contributed by atoms with Crippen molar-refractivity contribution in [3.8, 4) is 22.6 Å². The van der Waals surface area contributed by atoms with Gasteiger partial charge in [0.05, 0.1) is 11.2 Å². The molecule has 0 aromatic heterocycles. The fraction of sp³-hybridized carbons (Fsp3) is 0.355. The number of aliphatic carboxylic acids is 1. The normalized spacial score (nSPS) is 14.9. The van der Waals surface area contributed by atoms with Gasteiger partial charge in [0.15, 0.2) is 17.6 Å². The maximum Gasteiger partial charge on any atom is 0.337 e. The summed E-state index contributed by atoms with van der Waals surface area (Å²) in [5.74, 6) is -0.263. The molecule has 0 saturated heterocycles. The number of carbonyl (C=O) groups is 2. The second-order valence-corrected chi connectivity index (χ2v) is 11.5. The van der Waals surface area contributed by atoms with E-state index in [1.807, 2.05) is 59.7 Å².